The van der Waals surface area contributed by atoms with Crippen molar-refractivity contribution < 1.29 is 23.7 Å². The lowest BCUT2D eigenvalue weighted by atomic mass is 9.47. The number of hydrogen-bond acceptors (Lipinski definition) is 10. The Morgan fingerprint density at radius 2 is 1.65 bits per heavy atom. The van der Waals surface area contributed by atoms with Crippen LogP contribution in [-0.4, -0.2) is 87.5 Å². The van der Waals surface area contributed by atoms with Crippen molar-refractivity contribution in [3.05, 3.63) is 59.3 Å². The zero-order valence-corrected chi connectivity index (χ0v) is 34.5. The van der Waals surface area contributed by atoms with Crippen molar-refractivity contribution in [3.8, 4) is 11.5 Å². The maximum absolute atomic E-state index is 14.5. The molecule has 1 aliphatic heterocycles. The van der Waals surface area contributed by atoms with Gasteiger partial charge in [0.1, 0.15) is 17.6 Å². The fourth-order valence-corrected chi connectivity index (χ4v) is 9.74. The van der Waals surface area contributed by atoms with E-state index < -0.39 is 5.54 Å². The second-order valence-corrected chi connectivity index (χ2v) is 17.6. The lowest BCUT2D eigenvalue weighted by Gasteiger charge is -2.61. The summed E-state index contributed by atoms with van der Waals surface area (Å²) in [4.78, 5) is 22.1. The van der Waals surface area contributed by atoms with Crippen molar-refractivity contribution >= 4 is 23.0 Å². The van der Waals surface area contributed by atoms with Crippen molar-refractivity contribution in [1.29, 1.82) is 0 Å². The van der Waals surface area contributed by atoms with Gasteiger partial charge in [-0.3, -0.25) is 4.79 Å². The molecule has 6 N–H and O–H groups in total. The molecular formula is C44H66N6O5. The van der Waals surface area contributed by atoms with Gasteiger partial charge in [0.05, 0.1) is 48.0 Å². The predicted octanol–water partition coefficient (Wildman–Crippen LogP) is 6.72. The molecule has 5 aliphatic rings. The summed E-state index contributed by atoms with van der Waals surface area (Å²) in [6, 6.07) is 11.9. The highest BCUT2D eigenvalue weighted by Gasteiger charge is 2.68. The van der Waals surface area contributed by atoms with Gasteiger partial charge >= 0.3 is 0 Å². The van der Waals surface area contributed by atoms with E-state index in [9.17, 15) is 4.79 Å². The highest BCUT2D eigenvalue weighted by Crippen LogP contribution is 2.62. The van der Waals surface area contributed by atoms with Crippen LogP contribution in [0.4, 0.5) is 11.4 Å². The minimum atomic E-state index is -0.536. The first kappa shape index (κ1) is 41.0. The van der Waals surface area contributed by atoms with E-state index in [1.165, 1.54) is 6.42 Å². The number of allylic oxidation sites excluding steroid dienone is 1. The van der Waals surface area contributed by atoms with Crippen LogP contribution in [-0.2, 0) is 14.3 Å². The summed E-state index contributed by atoms with van der Waals surface area (Å²) in [6.45, 7) is 14.0. The van der Waals surface area contributed by atoms with Crippen LogP contribution in [0.25, 0.3) is 0 Å². The molecule has 1 amide bonds. The third-order valence-corrected chi connectivity index (χ3v) is 12.1. The molecule has 55 heavy (non-hydrogen) atoms. The van der Waals surface area contributed by atoms with E-state index in [0.29, 0.717) is 53.0 Å². The molecular weight excluding hydrogens is 693 g/mol. The molecule has 4 bridgehead atoms. The number of epoxide rings is 1. The molecule has 0 radical (unpaired) electrons. The number of methoxy groups -OCH3 is 2. The fraction of sp³-hybridized carbons (Fsp3) is 0.636. The first-order valence-electron chi connectivity index (χ1n) is 20.5. The lowest BCUT2D eigenvalue weighted by molar-refractivity contribution is -0.131. The lowest BCUT2D eigenvalue weighted by Crippen LogP contribution is -2.69. The zero-order chi connectivity index (χ0) is 39.5. The molecule has 0 aromatic heterocycles. The van der Waals surface area contributed by atoms with E-state index in [4.69, 9.17) is 35.4 Å². The van der Waals surface area contributed by atoms with Gasteiger partial charge in [0.25, 0.3) is 5.91 Å². The second kappa shape index (κ2) is 17.2. The Kier molecular flexibility index (Phi) is 12.9. The van der Waals surface area contributed by atoms with Gasteiger partial charge in [0, 0.05) is 12.2 Å². The number of nitrogens with two attached hydrogens (primary N) is 2. The summed E-state index contributed by atoms with van der Waals surface area (Å²) in [7, 11) is 5.38. The Hall–Kier alpha value is -3.64. The number of carbonyl (C=O) groups excluding carboxylic acids is 1. The summed E-state index contributed by atoms with van der Waals surface area (Å²) >= 11 is 0. The number of nitrogens with one attached hydrogen (secondary N) is 2. The van der Waals surface area contributed by atoms with Crippen LogP contribution >= 0.6 is 0 Å². The van der Waals surface area contributed by atoms with E-state index in [2.05, 4.69) is 48.6 Å². The fourth-order valence-electron chi connectivity index (χ4n) is 9.74. The molecule has 4 aliphatic carbocycles. The number of nitrogens with zero attached hydrogens (tertiary/aromatic N) is 2. The van der Waals surface area contributed by atoms with Gasteiger partial charge in [-0.05, 0) is 164 Å². The Balaban J connectivity index is 1.32. The Bertz CT molecular complexity index is 1670. The summed E-state index contributed by atoms with van der Waals surface area (Å²) in [6.07, 6.45) is 8.82. The van der Waals surface area contributed by atoms with E-state index in [-0.39, 0.29) is 35.5 Å². The third-order valence-electron chi connectivity index (χ3n) is 12.1. The zero-order valence-electron chi connectivity index (χ0n) is 34.5. The minimum Gasteiger partial charge on any atom is -0.496 e. The molecule has 0 spiro atoms. The number of carbonyl (C=O) groups is 1. The van der Waals surface area contributed by atoms with E-state index in [1.54, 1.807) is 20.3 Å². The van der Waals surface area contributed by atoms with Gasteiger partial charge in [0.15, 0.2) is 6.29 Å². The molecule has 7 rings (SSSR count). The quantitative estimate of drug-likeness (QED) is 0.0563. The summed E-state index contributed by atoms with van der Waals surface area (Å²) in [5, 5.41) is 7.13. The number of anilines is 1. The van der Waals surface area contributed by atoms with E-state index in [0.717, 1.165) is 75.1 Å². The largest absolute Gasteiger partial charge is 0.496 e. The molecule has 5 fully saturated rings. The standard InChI is InChI=1S/C44H66N6O5/c1-27(2)33-25-32(47-17-11-19-50(6)18-10-16-45)14-15-35(33)48-36(39-37(52-7)12-9-13-38(39)53-8)26-34(46)41(51)49-44(40-42(54-40)55-43(3,4)5)30-21-28-20-29(23-30)24-31(44)22-28/h9,12-15,25-31,40,42,47H,10-11,16-24,45-46H2,1-8H3,(H,49,51). The minimum absolute atomic E-state index is 0.0645. The molecule has 2 aromatic carbocycles. The van der Waals surface area contributed by atoms with Gasteiger partial charge in [0.2, 0.25) is 0 Å². The number of benzene rings is 2. The molecule has 2 atom stereocenters. The highest BCUT2D eigenvalue weighted by atomic mass is 16.8. The Labute approximate surface area is 329 Å². The number of rotatable bonds is 18. The van der Waals surface area contributed by atoms with Crippen molar-refractivity contribution in [2.24, 2.45) is 40.1 Å². The third kappa shape index (κ3) is 9.33. The van der Waals surface area contributed by atoms with Crippen LogP contribution in [0.3, 0.4) is 0 Å². The van der Waals surface area contributed by atoms with Crippen LogP contribution < -0.4 is 31.6 Å². The SMILES string of the molecule is COc1cccc(OC)c1C(C=C(N)C(=O)NC1(C2OC2OC(C)(C)C)C2CC3CC(C2)CC1C3)=Nc1ccc(NCCCN(C)CCCN)cc1C(C)C. The monoisotopic (exact) mass is 759 g/mol. The number of ether oxygens (including phenoxy) is 4. The number of aliphatic imine (C=N–C) groups is 1. The average molecular weight is 759 g/mol. The first-order chi connectivity index (χ1) is 26.3. The second-order valence-electron chi connectivity index (χ2n) is 17.6. The maximum Gasteiger partial charge on any atom is 0.267 e. The van der Waals surface area contributed by atoms with Crippen molar-refractivity contribution in [2.75, 3.05) is 52.8 Å². The topological polar surface area (TPSA) is 149 Å². The van der Waals surface area contributed by atoms with Gasteiger partial charge in [-0.1, -0.05) is 19.9 Å². The van der Waals surface area contributed by atoms with E-state index >= 15 is 0 Å². The molecule has 11 heteroatoms. The molecule has 1 saturated heterocycles. The van der Waals surface area contributed by atoms with Gasteiger partial charge in [-0.15, -0.1) is 0 Å². The van der Waals surface area contributed by atoms with E-state index in [1.807, 2.05) is 45.0 Å². The number of hydrogen-bond donors (Lipinski definition) is 4. The van der Waals surface area contributed by atoms with Gasteiger partial charge in [-0.25, -0.2) is 4.99 Å². The Morgan fingerprint density at radius 1 is 1.02 bits per heavy atom. The van der Waals surface area contributed by atoms with Crippen LogP contribution in [0, 0.1) is 23.7 Å². The van der Waals surface area contributed by atoms with Crippen LogP contribution in [0.2, 0.25) is 0 Å². The predicted molar refractivity (Wildman–Crippen MR) is 220 cm³/mol. The van der Waals surface area contributed by atoms with Crippen molar-refractivity contribution in [3.63, 3.8) is 0 Å². The van der Waals surface area contributed by atoms with Crippen molar-refractivity contribution in [1.82, 2.24) is 10.2 Å². The molecule has 2 unspecified atom stereocenters. The smallest absolute Gasteiger partial charge is 0.267 e. The molecule has 302 valence electrons. The van der Waals surface area contributed by atoms with Gasteiger partial charge < -0.3 is 45.9 Å². The van der Waals surface area contributed by atoms with Crippen LogP contribution in [0.5, 0.6) is 11.5 Å². The first-order valence-corrected chi connectivity index (χ1v) is 20.5. The number of amides is 1. The summed E-state index contributed by atoms with van der Waals surface area (Å²) < 4.78 is 24.4. The average Bonchev–Trinajstić information content (AvgIpc) is 3.90. The highest BCUT2D eigenvalue weighted by molar-refractivity contribution is 6.16. The molecule has 4 saturated carbocycles. The maximum atomic E-state index is 14.5. The van der Waals surface area contributed by atoms with Crippen LogP contribution in [0.1, 0.15) is 96.6 Å². The van der Waals surface area contributed by atoms with Crippen molar-refractivity contribution in [2.45, 2.75) is 109 Å². The molecule has 11 nitrogen and oxygen atoms in total. The van der Waals surface area contributed by atoms with Gasteiger partial charge in [-0.2, -0.15) is 0 Å². The normalized spacial score (nSPS) is 27.5. The Morgan fingerprint density at radius 3 is 2.24 bits per heavy atom. The molecule has 2 aromatic rings. The van der Waals surface area contributed by atoms with Crippen LogP contribution in [0.15, 0.2) is 53.2 Å². The molecule has 1 heterocycles. The summed E-state index contributed by atoms with van der Waals surface area (Å²) in [5.74, 6) is 3.04. The summed E-state index contributed by atoms with van der Waals surface area (Å²) in [5.41, 5.74) is 15.7.